The lowest BCUT2D eigenvalue weighted by molar-refractivity contribution is -0.153. The number of nitrogens with one attached hydrogen (secondary N) is 2. The number of thioether (sulfide) groups is 1. The Kier molecular flexibility index (Phi) is 12.4. The molecule has 1 saturated heterocycles. The molecule has 3 aromatic heterocycles. The van der Waals surface area contributed by atoms with Crippen LogP contribution in [0.15, 0.2) is 161 Å². The number of hydrogen-bond acceptors (Lipinski definition) is 13. The summed E-state index contributed by atoms with van der Waals surface area (Å²) in [4.78, 5) is 59.4. The lowest BCUT2D eigenvalue weighted by Gasteiger charge is -2.49. The van der Waals surface area contributed by atoms with Crippen LogP contribution in [-0.4, -0.2) is 73.6 Å². The molecule has 2 aliphatic rings. The van der Waals surface area contributed by atoms with Gasteiger partial charge in [-0.05, 0) is 53.0 Å². The van der Waals surface area contributed by atoms with Crippen LogP contribution in [0, 0.1) is 0 Å². The first-order valence-electron chi connectivity index (χ1n) is 20.3. The van der Waals surface area contributed by atoms with Gasteiger partial charge in [-0.1, -0.05) is 114 Å². The number of allylic oxidation sites excluding steroid dienone is 1. The highest BCUT2D eigenvalue weighted by atomic mass is 32.2. The number of β-lactam (4-membered cyclic amide) rings is 1. The fraction of sp³-hybridized carbons (Fsp3) is 0.167. The number of fused-ring (bicyclic) bond motifs is 2. The molecule has 2 N–H and O–H groups in total. The Morgan fingerprint density at radius 3 is 2.20 bits per heavy atom. The van der Waals surface area contributed by atoms with Crippen LogP contribution in [0.1, 0.15) is 40.6 Å². The molecule has 4 aromatic carbocycles. The first-order valence-corrected chi connectivity index (χ1v) is 23.2. The summed E-state index contributed by atoms with van der Waals surface area (Å²) in [7, 11) is 1.58. The molecule has 322 valence electrons. The van der Waals surface area contributed by atoms with E-state index in [2.05, 4.69) is 57.2 Å². The predicted molar refractivity (Wildman–Crippen MR) is 250 cm³/mol. The quantitative estimate of drug-likeness (QED) is 0.0320. The predicted octanol–water partition coefficient (Wildman–Crippen LogP) is 8.12. The van der Waals surface area contributed by atoms with Crippen molar-refractivity contribution in [2.45, 2.75) is 30.5 Å². The van der Waals surface area contributed by atoms with Gasteiger partial charge in [-0.25, -0.2) is 14.8 Å². The van der Waals surface area contributed by atoms with E-state index in [1.54, 1.807) is 55.4 Å². The molecule has 7 aromatic rings. The van der Waals surface area contributed by atoms with E-state index >= 15 is 0 Å². The van der Waals surface area contributed by atoms with Crippen LogP contribution in [0.25, 0.3) is 10.9 Å². The van der Waals surface area contributed by atoms with Crippen molar-refractivity contribution in [3.63, 3.8) is 0 Å². The van der Waals surface area contributed by atoms with Gasteiger partial charge in [0.25, 0.3) is 11.8 Å². The molecule has 1 fully saturated rings. The van der Waals surface area contributed by atoms with Gasteiger partial charge in [-0.15, -0.1) is 34.4 Å². The highest BCUT2D eigenvalue weighted by Gasteiger charge is 2.54. The van der Waals surface area contributed by atoms with Gasteiger partial charge in [-0.2, -0.15) is 0 Å². The molecule has 0 aliphatic carbocycles. The molecule has 2 amide bonds. The van der Waals surface area contributed by atoms with Crippen LogP contribution in [0.4, 0.5) is 5.13 Å². The third-order valence-electron chi connectivity index (χ3n) is 10.8. The van der Waals surface area contributed by atoms with Crippen LogP contribution in [0.3, 0.4) is 0 Å². The average molecular weight is 908 g/mol. The number of thiazole rings is 2. The summed E-state index contributed by atoms with van der Waals surface area (Å²) in [6, 6.07) is 36.6. The molecular weight excluding hydrogens is 867 g/mol. The highest BCUT2D eigenvalue weighted by molar-refractivity contribution is 8.00. The van der Waals surface area contributed by atoms with E-state index in [-0.39, 0.29) is 30.3 Å². The molecule has 0 bridgehead atoms. The van der Waals surface area contributed by atoms with Gasteiger partial charge in [0.2, 0.25) is 0 Å². The largest absolute Gasteiger partial charge is 0.497 e. The number of esters is 1. The lowest BCUT2D eigenvalue weighted by atomic mass is 9.77. The molecule has 9 rings (SSSR count). The molecule has 16 heteroatoms. The summed E-state index contributed by atoms with van der Waals surface area (Å²) in [5, 5.41) is 14.5. The number of benzene rings is 4. The zero-order valence-electron chi connectivity index (χ0n) is 34.6. The molecule has 0 saturated carbocycles. The molecule has 2 atom stereocenters. The number of carbonyl (C=O) groups is 3. The van der Waals surface area contributed by atoms with Crippen molar-refractivity contribution >= 4 is 74.0 Å². The smallest absolute Gasteiger partial charge is 0.355 e. The normalized spacial score (nSPS) is 16.4. The number of hydrogen-bond donors (Lipinski definition) is 2. The van der Waals surface area contributed by atoms with Gasteiger partial charge in [-0.3, -0.25) is 18.9 Å². The minimum Gasteiger partial charge on any atom is -0.497 e. The van der Waals surface area contributed by atoms with Crippen molar-refractivity contribution in [2.24, 2.45) is 5.16 Å². The minimum absolute atomic E-state index is 0.0194. The summed E-state index contributed by atoms with van der Waals surface area (Å²) in [6.07, 6.45) is 7.22. The molecular formula is C48H41N7O6S3. The van der Waals surface area contributed by atoms with E-state index in [1.807, 2.05) is 88.7 Å². The number of carbonyl (C=O) groups excluding carboxylic acids is 3. The van der Waals surface area contributed by atoms with E-state index in [0.717, 1.165) is 32.8 Å². The zero-order valence-corrected chi connectivity index (χ0v) is 37.1. The maximum absolute atomic E-state index is 14.2. The molecule has 64 heavy (non-hydrogen) atoms. The third-order valence-corrected chi connectivity index (χ3v) is 13.8. The van der Waals surface area contributed by atoms with E-state index in [4.69, 9.17) is 19.3 Å². The van der Waals surface area contributed by atoms with Gasteiger partial charge in [0.1, 0.15) is 58.5 Å². The van der Waals surface area contributed by atoms with E-state index in [1.165, 1.54) is 28.0 Å². The molecule has 5 heterocycles. The Bertz CT molecular complexity index is 2780. The first kappa shape index (κ1) is 42.3. The summed E-state index contributed by atoms with van der Waals surface area (Å²) in [5.74, 6) is -0.723. The number of oxime groups is 1. The standard InChI is InChI=1S/C48H41N7O6S3/c1-3-61-53-40(38-29-64-47(50-38)52-48(33-13-7-4-8-14-33,34-15-9-5-10-16-34)35-17-11-6-12-18-35)43(56)51-41-44(57)55-42(46(58)60-26-31-19-23-37(59-2)24-20-31)32(27-63-45(41)55)21-22-36-28-62-39-25-49-30-54(36)39/h4-25,28-30,41,45H,3,26-27H2,1-2H3,(H,50,52)(H,51,56)/b22-21?,53-40-/t41-,45-/m1/s1. The Balaban J connectivity index is 0.978. The second-order valence-corrected chi connectivity index (χ2v) is 17.5. The molecule has 13 nitrogen and oxygen atoms in total. The number of anilines is 1. The minimum atomic E-state index is -0.972. The number of methoxy groups -OCH3 is 1. The number of imidazole rings is 1. The lowest BCUT2D eigenvalue weighted by Crippen LogP contribution is -2.71. The SMILES string of the molecule is CCO/N=C(\C(=O)N[C@@H]1C(=O)N2C(C(=O)OCc3ccc(OC)cc3)=C(C=Cc3csc4cncn34)CS[C@H]12)c1csc(NC(c2ccccc2)(c2ccccc2)c2ccccc2)n1. The fourth-order valence-electron chi connectivity index (χ4n) is 7.67. The van der Waals surface area contributed by atoms with Crippen molar-refractivity contribution in [2.75, 3.05) is 24.8 Å². The van der Waals surface area contributed by atoms with Gasteiger partial charge in [0.15, 0.2) is 10.8 Å². The highest BCUT2D eigenvalue weighted by Crippen LogP contribution is 2.43. The average Bonchev–Trinajstić information content (AvgIpc) is 4.11. The fourth-order valence-corrected chi connectivity index (χ4v) is 10.6. The van der Waals surface area contributed by atoms with Crippen molar-refractivity contribution in [1.82, 2.24) is 24.6 Å². The maximum atomic E-state index is 14.2. The van der Waals surface area contributed by atoms with Crippen LogP contribution in [-0.2, 0) is 36.1 Å². The number of nitrogens with zero attached hydrogens (tertiary/aromatic N) is 5. The molecule has 2 aliphatic heterocycles. The van der Waals surface area contributed by atoms with Crippen molar-refractivity contribution in [3.8, 4) is 5.75 Å². The Hall–Kier alpha value is -7.01. The van der Waals surface area contributed by atoms with Crippen molar-refractivity contribution < 1.29 is 28.7 Å². The first-order chi connectivity index (χ1) is 31.4. The van der Waals surface area contributed by atoms with Gasteiger partial charge >= 0.3 is 5.97 Å². The monoisotopic (exact) mass is 907 g/mol. The van der Waals surface area contributed by atoms with Crippen molar-refractivity contribution in [1.29, 1.82) is 0 Å². The summed E-state index contributed by atoms with van der Waals surface area (Å²) in [5.41, 5.74) is 4.63. The summed E-state index contributed by atoms with van der Waals surface area (Å²) in [6.45, 7) is 1.94. The number of aromatic nitrogens is 3. The third kappa shape index (κ3) is 8.30. The molecule has 0 spiro atoms. The van der Waals surface area contributed by atoms with Crippen LogP contribution in [0.2, 0.25) is 0 Å². The second kappa shape index (κ2) is 18.8. The van der Waals surface area contributed by atoms with Crippen LogP contribution in [0.5, 0.6) is 5.75 Å². The maximum Gasteiger partial charge on any atom is 0.355 e. The van der Waals surface area contributed by atoms with Gasteiger partial charge < -0.3 is 24.9 Å². The molecule has 0 radical (unpaired) electrons. The number of amides is 2. The van der Waals surface area contributed by atoms with Gasteiger partial charge in [0.05, 0.1) is 19.0 Å². The van der Waals surface area contributed by atoms with E-state index < -0.39 is 34.7 Å². The zero-order chi connectivity index (χ0) is 44.0. The number of ether oxygens (including phenoxy) is 2. The van der Waals surface area contributed by atoms with E-state index in [9.17, 15) is 14.4 Å². The van der Waals surface area contributed by atoms with Crippen LogP contribution >= 0.6 is 34.4 Å². The van der Waals surface area contributed by atoms with Gasteiger partial charge in [0, 0.05) is 16.5 Å². The topological polar surface area (TPSA) is 149 Å². The van der Waals surface area contributed by atoms with E-state index in [0.29, 0.717) is 22.2 Å². The van der Waals surface area contributed by atoms with Crippen LogP contribution < -0.4 is 15.4 Å². The van der Waals surface area contributed by atoms with Crippen molar-refractivity contribution in [3.05, 3.63) is 190 Å². The Morgan fingerprint density at radius 1 is 0.891 bits per heavy atom. The molecule has 0 unspecified atom stereocenters. The summed E-state index contributed by atoms with van der Waals surface area (Å²) < 4.78 is 13.0. The summed E-state index contributed by atoms with van der Waals surface area (Å²) >= 11 is 4.30. The Labute approximate surface area is 381 Å². The number of rotatable bonds is 16. The Morgan fingerprint density at radius 2 is 1.56 bits per heavy atom. The second-order valence-electron chi connectivity index (χ2n) is 14.6.